The van der Waals surface area contributed by atoms with Gasteiger partial charge in [0.1, 0.15) is 16.6 Å². The molecular formula is C25H30BrN3O7. The highest BCUT2D eigenvalue weighted by Crippen LogP contribution is 2.60. The molecule has 1 aliphatic rings. The van der Waals surface area contributed by atoms with Gasteiger partial charge in [-0.3, -0.25) is 14.2 Å². The van der Waals surface area contributed by atoms with Crippen LogP contribution in [-0.4, -0.2) is 44.0 Å². The van der Waals surface area contributed by atoms with Gasteiger partial charge in [0.05, 0.1) is 5.69 Å². The molecule has 2 aromatic rings. The van der Waals surface area contributed by atoms with Gasteiger partial charge in [0.15, 0.2) is 0 Å². The molecular weight excluding hydrogens is 534 g/mol. The number of carboxylic acids is 1. The topological polar surface area (TPSA) is 128 Å². The Bertz CT molecular complexity index is 1230. The minimum absolute atomic E-state index is 0.149. The zero-order valence-electron chi connectivity index (χ0n) is 21.3. The monoisotopic (exact) mass is 563 g/mol. The summed E-state index contributed by atoms with van der Waals surface area (Å²) in [6.07, 6.45) is -1.96. The summed E-state index contributed by atoms with van der Waals surface area (Å²) in [4.78, 5) is 56.4. The van der Waals surface area contributed by atoms with Crippen molar-refractivity contribution in [2.24, 2.45) is 7.05 Å². The van der Waals surface area contributed by atoms with Crippen LogP contribution in [0.15, 0.2) is 39.6 Å². The average Bonchev–Trinajstić information content (AvgIpc) is 3.46. The fourth-order valence-corrected chi connectivity index (χ4v) is 4.09. The van der Waals surface area contributed by atoms with Gasteiger partial charge >= 0.3 is 18.2 Å². The molecule has 0 bridgehead atoms. The predicted octanol–water partition coefficient (Wildman–Crippen LogP) is 4.73. The van der Waals surface area contributed by atoms with Gasteiger partial charge in [0, 0.05) is 23.5 Å². The third-order valence-corrected chi connectivity index (χ3v) is 6.07. The highest BCUT2D eigenvalue weighted by atomic mass is 79.9. The second kappa shape index (κ2) is 9.34. The fraction of sp³-hybridized carbons (Fsp3) is 0.480. The summed E-state index contributed by atoms with van der Waals surface area (Å²) in [7, 11) is 1.35. The quantitative estimate of drug-likeness (QED) is 0.565. The lowest BCUT2D eigenvalue weighted by atomic mass is 9.92. The van der Waals surface area contributed by atoms with Gasteiger partial charge in [0.25, 0.3) is 5.56 Å². The zero-order chi connectivity index (χ0) is 27.2. The normalized spacial score (nSPS) is 19.4. The Hall–Kier alpha value is -3.21. The molecule has 0 spiro atoms. The molecule has 3 rings (SSSR count). The van der Waals surface area contributed by atoms with E-state index in [4.69, 9.17) is 9.47 Å². The second-order valence-electron chi connectivity index (χ2n) is 10.7. The van der Waals surface area contributed by atoms with Crippen molar-refractivity contribution < 1.29 is 29.0 Å². The number of carbonyl (C=O) groups is 3. The Balaban J connectivity index is 2.12. The molecule has 1 aliphatic carbocycles. The number of hydrogen-bond acceptors (Lipinski definition) is 7. The van der Waals surface area contributed by atoms with E-state index in [1.807, 2.05) is 0 Å². The molecule has 2 amide bonds. The predicted molar refractivity (Wildman–Crippen MR) is 135 cm³/mol. The zero-order valence-corrected chi connectivity index (χ0v) is 22.9. The van der Waals surface area contributed by atoms with E-state index in [2.05, 4.69) is 20.9 Å². The average molecular weight is 564 g/mol. The van der Waals surface area contributed by atoms with E-state index in [0.29, 0.717) is 10.5 Å². The van der Waals surface area contributed by atoms with Gasteiger partial charge in [-0.25, -0.2) is 14.6 Å². The molecule has 0 radical (unpaired) electrons. The van der Waals surface area contributed by atoms with Crippen molar-refractivity contribution in [1.29, 1.82) is 0 Å². The van der Waals surface area contributed by atoms with Crippen LogP contribution in [0.1, 0.15) is 65.1 Å². The van der Waals surface area contributed by atoms with Gasteiger partial charge in [-0.15, -0.1) is 4.90 Å². The smallest absolute Gasteiger partial charge is 0.427 e. The van der Waals surface area contributed by atoms with Crippen LogP contribution in [0, 0.1) is 0 Å². The van der Waals surface area contributed by atoms with E-state index in [1.165, 1.54) is 13.1 Å². The molecule has 1 aromatic carbocycles. The third-order valence-electron chi connectivity index (χ3n) is 5.54. The van der Waals surface area contributed by atoms with Crippen LogP contribution < -0.4 is 10.5 Å². The lowest BCUT2D eigenvalue weighted by Crippen LogP contribution is -2.46. The Kier molecular flexibility index (Phi) is 7.11. The van der Waals surface area contributed by atoms with Gasteiger partial charge in [-0.05, 0) is 65.7 Å². The number of hydrogen-bond donors (Lipinski definition) is 1. The first kappa shape index (κ1) is 27.4. The molecule has 1 heterocycles. The molecule has 11 heteroatoms. The summed E-state index contributed by atoms with van der Waals surface area (Å²) in [5, 5.41) is 10.1. The van der Waals surface area contributed by atoms with Crippen LogP contribution in [0.2, 0.25) is 0 Å². The van der Waals surface area contributed by atoms with Crippen LogP contribution in [0.5, 0.6) is 0 Å². The summed E-state index contributed by atoms with van der Waals surface area (Å²) in [5.74, 6) is -2.04. The highest BCUT2D eigenvalue weighted by Gasteiger charge is 2.63. The summed E-state index contributed by atoms with van der Waals surface area (Å²) in [5.41, 5.74) is -3.07. The van der Waals surface area contributed by atoms with E-state index in [9.17, 15) is 24.3 Å². The SMILES string of the molecule is Cn1c(N(C(=O)OC(C)(C)C)C(=O)OC(C)(C)C)nc([C@H]2C[C@]2(C(=O)O)c2ccc(Br)cc2)cc1=O. The van der Waals surface area contributed by atoms with E-state index in [-0.39, 0.29) is 18.1 Å². The largest absolute Gasteiger partial charge is 0.481 e. The molecule has 194 valence electrons. The van der Waals surface area contributed by atoms with Gasteiger partial charge in [-0.2, -0.15) is 0 Å². The number of rotatable bonds is 4. The molecule has 36 heavy (non-hydrogen) atoms. The Morgan fingerprint density at radius 1 is 1.06 bits per heavy atom. The lowest BCUT2D eigenvalue weighted by molar-refractivity contribution is -0.140. The second-order valence-corrected chi connectivity index (χ2v) is 11.6. The van der Waals surface area contributed by atoms with E-state index < -0.39 is 46.3 Å². The number of amides is 2. The molecule has 1 fully saturated rings. The van der Waals surface area contributed by atoms with Crippen molar-refractivity contribution >= 4 is 40.0 Å². The molecule has 0 aliphatic heterocycles. The maximum Gasteiger partial charge on any atom is 0.427 e. The number of nitrogens with zero attached hydrogens (tertiary/aromatic N) is 3. The van der Waals surface area contributed by atoms with Gasteiger partial charge in [0.2, 0.25) is 5.95 Å². The number of aromatic nitrogens is 2. The molecule has 1 N–H and O–H groups in total. The number of imide groups is 1. The van der Waals surface area contributed by atoms with Crippen molar-refractivity contribution in [3.63, 3.8) is 0 Å². The number of halogens is 1. The lowest BCUT2D eigenvalue weighted by Gasteiger charge is -2.28. The number of carbonyl (C=O) groups excluding carboxylic acids is 2. The van der Waals surface area contributed by atoms with Crippen molar-refractivity contribution in [2.75, 3.05) is 4.90 Å². The number of aliphatic carboxylic acids is 1. The molecule has 10 nitrogen and oxygen atoms in total. The van der Waals surface area contributed by atoms with Crippen LogP contribution in [0.3, 0.4) is 0 Å². The Morgan fingerprint density at radius 3 is 2.00 bits per heavy atom. The van der Waals surface area contributed by atoms with Crippen LogP contribution in [-0.2, 0) is 26.7 Å². The fourth-order valence-electron chi connectivity index (χ4n) is 3.82. The number of ether oxygens (including phenoxy) is 2. The first-order chi connectivity index (χ1) is 16.5. The van der Waals surface area contributed by atoms with E-state index in [1.54, 1.807) is 65.8 Å². The maximum absolute atomic E-state index is 13.1. The summed E-state index contributed by atoms with van der Waals surface area (Å²) < 4.78 is 12.6. The van der Waals surface area contributed by atoms with Crippen LogP contribution in [0.4, 0.5) is 15.5 Å². The minimum atomic E-state index is -1.29. The standard InChI is InChI=1S/C25H30BrN3O7/c1-23(2,3)35-21(33)29(22(34)36-24(4,5)6)20-27-17(12-18(30)28(20)7)16-13-25(16,19(31)32)14-8-10-15(26)11-9-14/h8-12,16H,13H2,1-7H3,(H,31,32)/t16-,25+/m1/s1. The Labute approximate surface area is 217 Å². The summed E-state index contributed by atoms with van der Waals surface area (Å²) in [6.45, 7) is 9.78. The van der Waals surface area contributed by atoms with Crippen molar-refractivity contribution in [3.8, 4) is 0 Å². The van der Waals surface area contributed by atoms with E-state index >= 15 is 0 Å². The molecule has 1 saturated carbocycles. The van der Waals surface area contributed by atoms with Crippen molar-refractivity contribution in [1.82, 2.24) is 9.55 Å². The molecule has 1 aromatic heterocycles. The molecule has 2 atom stereocenters. The molecule has 0 saturated heterocycles. The van der Waals surface area contributed by atoms with Crippen molar-refractivity contribution in [3.05, 3.63) is 56.4 Å². The molecule has 0 unspecified atom stereocenters. The maximum atomic E-state index is 13.1. The van der Waals surface area contributed by atoms with Crippen molar-refractivity contribution in [2.45, 2.75) is 70.5 Å². The highest BCUT2D eigenvalue weighted by molar-refractivity contribution is 9.10. The number of anilines is 1. The summed E-state index contributed by atoms with van der Waals surface area (Å²) in [6, 6.07) is 8.11. The minimum Gasteiger partial charge on any atom is -0.481 e. The third kappa shape index (κ3) is 5.61. The number of benzene rings is 1. The summed E-state index contributed by atoms with van der Waals surface area (Å²) >= 11 is 3.34. The Morgan fingerprint density at radius 2 is 1.56 bits per heavy atom. The van der Waals surface area contributed by atoms with Crippen LogP contribution >= 0.6 is 15.9 Å². The van der Waals surface area contributed by atoms with Crippen LogP contribution in [0.25, 0.3) is 0 Å². The first-order valence-corrected chi connectivity index (χ1v) is 12.1. The van der Waals surface area contributed by atoms with E-state index in [0.717, 1.165) is 9.04 Å². The van der Waals surface area contributed by atoms with Gasteiger partial charge in [-0.1, -0.05) is 28.1 Å². The first-order valence-electron chi connectivity index (χ1n) is 11.3. The number of carboxylic acid groups (broad SMARTS) is 1. The van der Waals surface area contributed by atoms with Gasteiger partial charge < -0.3 is 14.6 Å².